The zero-order valence-corrected chi connectivity index (χ0v) is 18.3. The van der Waals surface area contributed by atoms with E-state index in [1.54, 1.807) is 12.1 Å². The van der Waals surface area contributed by atoms with Crippen molar-refractivity contribution in [2.75, 3.05) is 0 Å². The molecule has 3 heterocycles. The number of hydrogen-bond acceptors (Lipinski definition) is 4. The first-order valence-electron chi connectivity index (χ1n) is 11.5. The molecule has 1 aliphatic rings. The van der Waals surface area contributed by atoms with Crippen molar-refractivity contribution in [1.82, 2.24) is 24.9 Å². The summed E-state index contributed by atoms with van der Waals surface area (Å²) in [7, 11) is 0. The second kappa shape index (κ2) is 7.76. The van der Waals surface area contributed by atoms with E-state index in [9.17, 15) is 9.18 Å². The average molecular weight is 442 g/mol. The topological polar surface area (TPSA) is 87.3 Å². The van der Waals surface area contributed by atoms with E-state index in [0.29, 0.717) is 22.7 Å². The first-order valence-corrected chi connectivity index (χ1v) is 11.5. The van der Waals surface area contributed by atoms with E-state index < -0.39 is 0 Å². The third-order valence-electron chi connectivity index (χ3n) is 7.35. The number of aromatic nitrogens is 5. The molecule has 2 N–H and O–H groups in total. The fraction of sp³-hybridized carbons (Fsp3) is 0.308. The molecule has 0 amide bonds. The van der Waals surface area contributed by atoms with Gasteiger partial charge in [-0.25, -0.2) is 14.4 Å². The lowest BCUT2D eigenvalue weighted by Crippen LogP contribution is -2.19. The van der Waals surface area contributed by atoms with Crippen molar-refractivity contribution in [2.45, 2.75) is 44.4 Å². The Bertz CT molecular complexity index is 1550. The highest BCUT2D eigenvalue weighted by atomic mass is 19.1. The number of fused-ring (bicyclic) bond motifs is 3. The van der Waals surface area contributed by atoms with E-state index in [-0.39, 0.29) is 17.3 Å². The van der Waals surface area contributed by atoms with E-state index in [2.05, 4.69) is 32.9 Å². The summed E-state index contributed by atoms with van der Waals surface area (Å²) >= 11 is 0. The van der Waals surface area contributed by atoms with Crippen LogP contribution < -0.4 is 5.56 Å². The number of nitrogens with one attached hydrogen (secondary N) is 2. The molecule has 166 valence electrons. The minimum absolute atomic E-state index is 0.145. The molecule has 33 heavy (non-hydrogen) atoms. The minimum Gasteiger partial charge on any atom is -0.342 e. The number of benzene rings is 2. The average Bonchev–Trinajstić information content (AvgIpc) is 3.25. The molecular formula is C26H24FN5O. The molecule has 3 aromatic heterocycles. The summed E-state index contributed by atoms with van der Waals surface area (Å²) in [5, 5.41) is 1.50. The normalized spacial score (nSPS) is 19.9. The summed E-state index contributed by atoms with van der Waals surface area (Å²) in [5.74, 6) is 1.95. The van der Waals surface area contributed by atoms with Gasteiger partial charge >= 0.3 is 0 Å². The van der Waals surface area contributed by atoms with Gasteiger partial charge in [0.05, 0.1) is 33.8 Å². The van der Waals surface area contributed by atoms with Crippen LogP contribution in [0.25, 0.3) is 32.8 Å². The predicted molar refractivity (Wildman–Crippen MR) is 127 cm³/mol. The summed E-state index contributed by atoms with van der Waals surface area (Å²) in [4.78, 5) is 31.7. The van der Waals surface area contributed by atoms with Gasteiger partial charge in [-0.2, -0.15) is 0 Å². The predicted octanol–water partition coefficient (Wildman–Crippen LogP) is 5.56. The number of halogens is 1. The largest absolute Gasteiger partial charge is 0.342 e. The Morgan fingerprint density at radius 3 is 2.67 bits per heavy atom. The molecule has 0 bridgehead atoms. The SMILES string of the molecule is CC(c1nc2cc3nc[nH]c(=O)c3cc2[nH]1)[C@H]1CC[C@@H](c2ccnc3ccc(F)cc32)CC1. The molecule has 6 rings (SSSR count). The molecule has 0 saturated heterocycles. The van der Waals surface area contributed by atoms with E-state index in [4.69, 9.17) is 4.98 Å². The summed E-state index contributed by atoms with van der Waals surface area (Å²) in [6.07, 6.45) is 7.56. The Morgan fingerprint density at radius 1 is 0.970 bits per heavy atom. The van der Waals surface area contributed by atoms with Crippen LogP contribution in [0.15, 0.2) is 53.7 Å². The van der Waals surface area contributed by atoms with Crippen LogP contribution in [-0.4, -0.2) is 24.9 Å². The van der Waals surface area contributed by atoms with Gasteiger partial charge in [0.15, 0.2) is 0 Å². The van der Waals surface area contributed by atoms with Crippen molar-refractivity contribution in [2.24, 2.45) is 5.92 Å². The third-order valence-corrected chi connectivity index (χ3v) is 7.35. The van der Waals surface area contributed by atoms with Crippen LogP contribution in [0.1, 0.15) is 55.8 Å². The molecule has 0 radical (unpaired) electrons. The fourth-order valence-electron chi connectivity index (χ4n) is 5.46. The maximum atomic E-state index is 13.9. The van der Waals surface area contributed by atoms with Crippen molar-refractivity contribution in [1.29, 1.82) is 0 Å². The molecule has 5 aromatic rings. The number of hydrogen-bond donors (Lipinski definition) is 2. The number of pyridine rings is 1. The standard InChI is InChI=1S/C26H24FN5O/c1-14(25-31-23-11-20-22(12-24(23)32-25)29-13-30-26(20)33)15-2-4-16(5-3-15)18-8-9-28-21-7-6-17(27)10-19(18)21/h6-16H,2-5H2,1H3,(H,31,32)(H,29,30,33)/t14?,15-,16+. The third kappa shape index (κ3) is 3.48. The van der Waals surface area contributed by atoms with Crippen LogP contribution in [0.3, 0.4) is 0 Å². The second-order valence-electron chi connectivity index (χ2n) is 9.20. The Morgan fingerprint density at radius 2 is 1.82 bits per heavy atom. The molecule has 7 heteroatoms. The highest BCUT2D eigenvalue weighted by Gasteiger charge is 2.29. The van der Waals surface area contributed by atoms with Crippen molar-refractivity contribution in [3.05, 3.63) is 76.5 Å². The Hall–Kier alpha value is -3.61. The van der Waals surface area contributed by atoms with Crippen LogP contribution in [0.5, 0.6) is 0 Å². The van der Waals surface area contributed by atoms with Gasteiger partial charge in [-0.05, 0) is 79.5 Å². The van der Waals surface area contributed by atoms with Crippen molar-refractivity contribution in [3.8, 4) is 0 Å². The lowest BCUT2D eigenvalue weighted by atomic mass is 9.73. The molecule has 1 aliphatic carbocycles. The molecule has 1 atom stereocenters. The maximum Gasteiger partial charge on any atom is 0.258 e. The van der Waals surface area contributed by atoms with Crippen molar-refractivity contribution < 1.29 is 4.39 Å². The number of nitrogens with zero attached hydrogens (tertiary/aromatic N) is 3. The van der Waals surface area contributed by atoms with Crippen molar-refractivity contribution in [3.63, 3.8) is 0 Å². The van der Waals surface area contributed by atoms with Crippen LogP contribution in [0.2, 0.25) is 0 Å². The van der Waals surface area contributed by atoms with Gasteiger partial charge in [0.2, 0.25) is 0 Å². The Balaban J connectivity index is 1.24. The molecule has 1 saturated carbocycles. The van der Waals surface area contributed by atoms with Gasteiger partial charge in [0.1, 0.15) is 11.6 Å². The van der Waals surface area contributed by atoms with Gasteiger partial charge < -0.3 is 9.97 Å². The number of rotatable bonds is 3. The fourth-order valence-corrected chi connectivity index (χ4v) is 5.46. The van der Waals surface area contributed by atoms with Gasteiger partial charge in [-0.15, -0.1) is 0 Å². The zero-order chi connectivity index (χ0) is 22.5. The summed E-state index contributed by atoms with van der Waals surface area (Å²) in [5.41, 5.74) is 4.26. The van der Waals surface area contributed by atoms with Crippen LogP contribution >= 0.6 is 0 Å². The lowest BCUT2D eigenvalue weighted by Gasteiger charge is -2.32. The Kier molecular flexibility index (Phi) is 4.71. The number of H-pyrrole nitrogens is 2. The van der Waals surface area contributed by atoms with Crippen LogP contribution in [0, 0.1) is 11.7 Å². The summed E-state index contributed by atoms with van der Waals surface area (Å²) in [6.45, 7) is 2.23. The summed E-state index contributed by atoms with van der Waals surface area (Å²) in [6, 6.07) is 10.6. The van der Waals surface area contributed by atoms with Gasteiger partial charge in [0, 0.05) is 17.5 Å². The number of aromatic amines is 2. The van der Waals surface area contributed by atoms with E-state index >= 15 is 0 Å². The molecular weight excluding hydrogens is 417 g/mol. The maximum absolute atomic E-state index is 13.9. The Labute approximate surface area is 189 Å². The quantitative estimate of drug-likeness (QED) is 0.383. The molecule has 1 fully saturated rings. The van der Waals surface area contributed by atoms with Crippen molar-refractivity contribution >= 4 is 32.8 Å². The zero-order valence-electron chi connectivity index (χ0n) is 18.3. The van der Waals surface area contributed by atoms with Gasteiger partial charge in [-0.1, -0.05) is 6.92 Å². The number of imidazole rings is 1. The van der Waals surface area contributed by atoms with Crippen LogP contribution in [-0.2, 0) is 0 Å². The lowest BCUT2D eigenvalue weighted by molar-refractivity contribution is 0.286. The van der Waals surface area contributed by atoms with E-state index in [1.165, 1.54) is 18.0 Å². The molecule has 6 nitrogen and oxygen atoms in total. The molecule has 0 spiro atoms. The first kappa shape index (κ1) is 20.0. The minimum atomic E-state index is -0.214. The second-order valence-corrected chi connectivity index (χ2v) is 9.20. The monoisotopic (exact) mass is 441 g/mol. The highest BCUT2D eigenvalue weighted by Crippen LogP contribution is 2.43. The highest BCUT2D eigenvalue weighted by molar-refractivity contribution is 5.92. The molecule has 2 aromatic carbocycles. The van der Waals surface area contributed by atoms with Gasteiger partial charge in [0.25, 0.3) is 5.56 Å². The first-order chi connectivity index (χ1) is 16.1. The molecule has 0 aliphatic heterocycles. The van der Waals surface area contributed by atoms with E-state index in [1.807, 2.05) is 18.3 Å². The smallest absolute Gasteiger partial charge is 0.258 e. The van der Waals surface area contributed by atoms with E-state index in [0.717, 1.165) is 53.4 Å². The summed E-state index contributed by atoms with van der Waals surface area (Å²) < 4.78 is 13.9. The van der Waals surface area contributed by atoms with Gasteiger partial charge in [-0.3, -0.25) is 9.78 Å². The van der Waals surface area contributed by atoms with Crippen LogP contribution in [0.4, 0.5) is 4.39 Å². The molecule has 1 unspecified atom stereocenters.